The third-order valence-corrected chi connectivity index (χ3v) is 2.75. The molecular formula is C13H10ClF3N2. The Balaban J connectivity index is 2.38. The van der Waals surface area contributed by atoms with E-state index in [1.807, 2.05) is 0 Å². The van der Waals surface area contributed by atoms with Gasteiger partial charge in [0.1, 0.15) is 5.82 Å². The number of benzene rings is 2. The SMILES string of the molecule is Nc1ccc(Nc2ccc(Cl)cc2F)c(C(F)F)c1. The number of nitrogens with two attached hydrogens (primary N) is 1. The molecule has 2 nitrogen and oxygen atoms in total. The minimum atomic E-state index is -2.71. The molecule has 2 rings (SSSR count). The van der Waals surface area contributed by atoms with Gasteiger partial charge in [-0.15, -0.1) is 0 Å². The fourth-order valence-electron chi connectivity index (χ4n) is 1.61. The molecule has 0 amide bonds. The number of nitrogens with one attached hydrogen (secondary N) is 1. The number of hydrogen-bond acceptors (Lipinski definition) is 2. The van der Waals surface area contributed by atoms with Crippen molar-refractivity contribution < 1.29 is 13.2 Å². The van der Waals surface area contributed by atoms with E-state index in [1.54, 1.807) is 0 Å². The lowest BCUT2D eigenvalue weighted by molar-refractivity contribution is 0.152. The normalized spacial score (nSPS) is 10.8. The number of nitrogen functional groups attached to an aromatic ring is 1. The van der Waals surface area contributed by atoms with Gasteiger partial charge < -0.3 is 11.1 Å². The molecule has 2 aromatic carbocycles. The Morgan fingerprint density at radius 3 is 2.37 bits per heavy atom. The molecule has 0 unspecified atom stereocenters. The maximum absolute atomic E-state index is 13.6. The maximum Gasteiger partial charge on any atom is 0.265 e. The van der Waals surface area contributed by atoms with E-state index in [4.69, 9.17) is 17.3 Å². The van der Waals surface area contributed by atoms with Crippen molar-refractivity contribution >= 4 is 28.7 Å². The highest BCUT2D eigenvalue weighted by atomic mass is 35.5. The van der Waals surface area contributed by atoms with Gasteiger partial charge in [0.05, 0.1) is 5.69 Å². The largest absolute Gasteiger partial charge is 0.399 e. The highest BCUT2D eigenvalue weighted by molar-refractivity contribution is 6.30. The summed E-state index contributed by atoms with van der Waals surface area (Å²) in [5, 5.41) is 2.84. The standard InChI is InChI=1S/C13H10ClF3N2/c14-7-1-3-12(10(15)5-7)19-11-4-2-8(18)6-9(11)13(16)17/h1-6,13,19H,18H2. The molecule has 0 aliphatic carbocycles. The molecule has 0 heterocycles. The quantitative estimate of drug-likeness (QED) is 0.800. The number of hydrogen-bond donors (Lipinski definition) is 2. The van der Waals surface area contributed by atoms with Crippen LogP contribution in [0, 0.1) is 5.82 Å². The minimum Gasteiger partial charge on any atom is -0.399 e. The molecule has 0 atom stereocenters. The highest BCUT2D eigenvalue weighted by Crippen LogP contribution is 2.32. The molecule has 2 aromatic rings. The maximum atomic E-state index is 13.6. The molecule has 0 radical (unpaired) electrons. The van der Waals surface area contributed by atoms with Gasteiger partial charge >= 0.3 is 0 Å². The van der Waals surface area contributed by atoms with Gasteiger partial charge in [0, 0.05) is 22.0 Å². The van der Waals surface area contributed by atoms with Crippen molar-refractivity contribution in [3.63, 3.8) is 0 Å². The molecule has 0 saturated heterocycles. The van der Waals surface area contributed by atoms with E-state index in [-0.39, 0.29) is 27.6 Å². The van der Waals surface area contributed by atoms with E-state index in [9.17, 15) is 13.2 Å². The Kier molecular flexibility index (Phi) is 3.85. The smallest absolute Gasteiger partial charge is 0.265 e. The van der Waals surface area contributed by atoms with Crippen LogP contribution in [-0.4, -0.2) is 0 Å². The second-order valence-corrected chi connectivity index (χ2v) is 4.33. The van der Waals surface area contributed by atoms with Crippen LogP contribution in [0.4, 0.5) is 30.2 Å². The lowest BCUT2D eigenvalue weighted by Crippen LogP contribution is -2.00. The van der Waals surface area contributed by atoms with Crippen LogP contribution in [0.25, 0.3) is 0 Å². The van der Waals surface area contributed by atoms with E-state index in [2.05, 4.69) is 5.32 Å². The molecule has 100 valence electrons. The lowest BCUT2D eigenvalue weighted by Gasteiger charge is -2.13. The second kappa shape index (κ2) is 5.40. The first kappa shape index (κ1) is 13.5. The summed E-state index contributed by atoms with van der Waals surface area (Å²) in [4.78, 5) is 0. The van der Waals surface area contributed by atoms with Crippen molar-refractivity contribution in [1.29, 1.82) is 0 Å². The predicted octanol–water partition coefficient (Wildman–Crippen LogP) is 4.74. The lowest BCUT2D eigenvalue weighted by atomic mass is 10.1. The van der Waals surface area contributed by atoms with Crippen LogP contribution < -0.4 is 11.1 Å². The highest BCUT2D eigenvalue weighted by Gasteiger charge is 2.14. The van der Waals surface area contributed by atoms with Crippen molar-refractivity contribution in [3.05, 3.63) is 52.8 Å². The van der Waals surface area contributed by atoms with Gasteiger partial charge in [-0.05, 0) is 36.4 Å². The average molecular weight is 287 g/mol. The molecule has 6 heteroatoms. The molecule has 0 bridgehead atoms. The van der Waals surface area contributed by atoms with E-state index in [1.165, 1.54) is 24.3 Å². The van der Waals surface area contributed by atoms with Crippen LogP contribution in [0.1, 0.15) is 12.0 Å². The van der Waals surface area contributed by atoms with Crippen LogP contribution in [-0.2, 0) is 0 Å². The van der Waals surface area contributed by atoms with Crippen molar-refractivity contribution in [2.24, 2.45) is 0 Å². The van der Waals surface area contributed by atoms with E-state index in [0.717, 1.165) is 12.1 Å². The summed E-state index contributed by atoms with van der Waals surface area (Å²) in [7, 11) is 0. The van der Waals surface area contributed by atoms with Crippen LogP contribution in [0.3, 0.4) is 0 Å². The van der Waals surface area contributed by atoms with Crippen molar-refractivity contribution in [1.82, 2.24) is 0 Å². The number of alkyl halides is 2. The monoisotopic (exact) mass is 286 g/mol. The van der Waals surface area contributed by atoms with Crippen LogP contribution in [0.2, 0.25) is 5.02 Å². The third-order valence-electron chi connectivity index (χ3n) is 2.51. The Labute approximate surface area is 113 Å². The van der Waals surface area contributed by atoms with E-state index in [0.29, 0.717) is 0 Å². The zero-order valence-electron chi connectivity index (χ0n) is 9.63. The summed E-state index contributed by atoms with van der Waals surface area (Å²) in [6.45, 7) is 0. The Bertz CT molecular complexity index is 602. The van der Waals surface area contributed by atoms with Crippen molar-refractivity contribution in [3.8, 4) is 0 Å². The molecule has 3 N–H and O–H groups in total. The molecule has 0 aliphatic heterocycles. The molecular weight excluding hydrogens is 277 g/mol. The Hall–Kier alpha value is -1.88. The summed E-state index contributed by atoms with van der Waals surface area (Å²) >= 11 is 5.62. The van der Waals surface area contributed by atoms with Gasteiger partial charge in [-0.1, -0.05) is 11.6 Å². The molecule has 0 saturated carbocycles. The molecule has 0 fully saturated rings. The topological polar surface area (TPSA) is 38.0 Å². The van der Waals surface area contributed by atoms with Crippen LogP contribution >= 0.6 is 11.6 Å². The second-order valence-electron chi connectivity index (χ2n) is 3.90. The van der Waals surface area contributed by atoms with Gasteiger partial charge in [-0.3, -0.25) is 0 Å². The van der Waals surface area contributed by atoms with Gasteiger partial charge in [0.25, 0.3) is 6.43 Å². The third kappa shape index (κ3) is 3.12. The number of halogens is 4. The van der Waals surface area contributed by atoms with Crippen LogP contribution in [0.15, 0.2) is 36.4 Å². The zero-order chi connectivity index (χ0) is 14.0. The Morgan fingerprint density at radius 1 is 1.05 bits per heavy atom. The van der Waals surface area contributed by atoms with E-state index < -0.39 is 12.2 Å². The summed E-state index contributed by atoms with van der Waals surface area (Å²) in [6, 6.07) is 7.94. The van der Waals surface area contributed by atoms with Crippen LogP contribution in [0.5, 0.6) is 0 Å². The number of anilines is 3. The van der Waals surface area contributed by atoms with Crippen molar-refractivity contribution in [2.75, 3.05) is 11.1 Å². The van der Waals surface area contributed by atoms with E-state index >= 15 is 0 Å². The van der Waals surface area contributed by atoms with Gasteiger partial charge in [-0.2, -0.15) is 0 Å². The molecule has 0 aromatic heterocycles. The fourth-order valence-corrected chi connectivity index (χ4v) is 1.77. The summed E-state index contributed by atoms with van der Waals surface area (Å²) in [6.07, 6.45) is -2.71. The zero-order valence-corrected chi connectivity index (χ0v) is 10.4. The summed E-state index contributed by atoms with van der Waals surface area (Å²) in [5.41, 5.74) is 5.56. The Morgan fingerprint density at radius 2 is 1.74 bits per heavy atom. The number of rotatable bonds is 3. The molecule has 19 heavy (non-hydrogen) atoms. The average Bonchev–Trinajstić information content (AvgIpc) is 2.34. The van der Waals surface area contributed by atoms with Crippen molar-refractivity contribution in [2.45, 2.75) is 6.43 Å². The summed E-state index contributed by atoms with van der Waals surface area (Å²) < 4.78 is 39.3. The first-order valence-corrected chi connectivity index (χ1v) is 5.75. The van der Waals surface area contributed by atoms with Gasteiger partial charge in [0.2, 0.25) is 0 Å². The summed E-state index contributed by atoms with van der Waals surface area (Å²) in [5.74, 6) is -0.621. The van der Waals surface area contributed by atoms with Gasteiger partial charge in [-0.25, -0.2) is 13.2 Å². The fraction of sp³-hybridized carbons (Fsp3) is 0.0769. The van der Waals surface area contributed by atoms with Gasteiger partial charge in [0.15, 0.2) is 0 Å². The first-order chi connectivity index (χ1) is 8.97. The molecule has 0 aliphatic rings. The predicted molar refractivity (Wildman–Crippen MR) is 70.5 cm³/mol. The molecule has 0 spiro atoms. The minimum absolute atomic E-state index is 0.0658. The first-order valence-electron chi connectivity index (χ1n) is 5.37.